The zero-order chi connectivity index (χ0) is 26.9. The van der Waals surface area contributed by atoms with Gasteiger partial charge in [0.1, 0.15) is 5.69 Å². The first kappa shape index (κ1) is 24.8. The van der Waals surface area contributed by atoms with Crippen LogP contribution >= 0.6 is 11.6 Å². The molecule has 0 atom stereocenters. The second kappa shape index (κ2) is 10.3. The van der Waals surface area contributed by atoms with Crippen molar-refractivity contribution in [1.82, 2.24) is 9.78 Å². The Balaban J connectivity index is 1.38. The number of aromatic nitrogens is 2. The summed E-state index contributed by atoms with van der Waals surface area (Å²) in [6, 6.07) is 28.5. The lowest BCUT2D eigenvalue weighted by Gasteiger charge is -2.20. The van der Waals surface area contributed by atoms with Crippen LogP contribution in [0.5, 0.6) is 0 Å². The SMILES string of the molecule is O=Cc1nn(-c2ccc(-c3cccc(CO)c3)cc2)c2c1CCc1ccc(NC(=O)c3ccccc3Cl)cc1-2. The Bertz CT molecular complexity index is 1720. The van der Waals surface area contributed by atoms with Gasteiger partial charge in [-0.2, -0.15) is 5.10 Å². The smallest absolute Gasteiger partial charge is 0.257 e. The van der Waals surface area contributed by atoms with E-state index in [2.05, 4.69) is 10.4 Å². The van der Waals surface area contributed by atoms with E-state index in [9.17, 15) is 14.7 Å². The third-order valence-corrected chi connectivity index (χ3v) is 7.40. The number of benzene rings is 4. The molecule has 7 heteroatoms. The maximum absolute atomic E-state index is 12.9. The number of halogens is 1. The Labute approximate surface area is 230 Å². The first-order chi connectivity index (χ1) is 19.1. The molecule has 0 aliphatic heterocycles. The minimum absolute atomic E-state index is 0.0138. The van der Waals surface area contributed by atoms with Gasteiger partial charge in [0.2, 0.25) is 0 Å². The molecule has 6 nitrogen and oxygen atoms in total. The van der Waals surface area contributed by atoms with Crippen LogP contribution in [0.25, 0.3) is 28.1 Å². The maximum Gasteiger partial charge on any atom is 0.257 e. The second-order valence-electron chi connectivity index (χ2n) is 9.45. The number of rotatable bonds is 6. The summed E-state index contributed by atoms with van der Waals surface area (Å²) < 4.78 is 1.81. The third kappa shape index (κ3) is 4.65. The van der Waals surface area contributed by atoms with E-state index >= 15 is 0 Å². The molecule has 0 radical (unpaired) electrons. The van der Waals surface area contributed by atoms with Crippen molar-refractivity contribution in [3.8, 4) is 28.1 Å². The lowest BCUT2D eigenvalue weighted by atomic mass is 9.88. The Morgan fingerprint density at radius 1 is 0.949 bits per heavy atom. The fourth-order valence-corrected chi connectivity index (χ4v) is 5.33. The molecule has 0 spiro atoms. The van der Waals surface area contributed by atoms with E-state index in [4.69, 9.17) is 11.6 Å². The standard InChI is InChI=1S/C32H24ClN3O3/c33-29-7-2-1-6-26(29)32(39)34-24-12-8-22-11-15-27-30(19-38)35-36(31(27)28(22)17-24)25-13-9-21(10-14-25)23-5-3-4-20(16-23)18-37/h1-10,12-14,16-17,19,37H,11,15,18H2,(H,34,39). The van der Waals surface area contributed by atoms with Gasteiger partial charge < -0.3 is 10.4 Å². The number of nitrogens with one attached hydrogen (secondary N) is 1. The average molecular weight is 534 g/mol. The fourth-order valence-electron chi connectivity index (χ4n) is 5.11. The number of aliphatic hydroxyl groups excluding tert-OH is 1. The quantitative estimate of drug-likeness (QED) is 0.243. The molecule has 0 saturated heterocycles. The van der Waals surface area contributed by atoms with Gasteiger partial charge in [-0.15, -0.1) is 0 Å². The zero-order valence-electron chi connectivity index (χ0n) is 20.9. The predicted molar refractivity (Wildman–Crippen MR) is 153 cm³/mol. The number of fused-ring (bicyclic) bond motifs is 3. The van der Waals surface area contributed by atoms with Crippen LogP contribution in [0.4, 0.5) is 5.69 Å². The van der Waals surface area contributed by atoms with Crippen molar-refractivity contribution in [2.75, 3.05) is 5.32 Å². The van der Waals surface area contributed by atoms with Crippen LogP contribution in [0.2, 0.25) is 5.02 Å². The van der Waals surface area contributed by atoms with Gasteiger partial charge in [-0.25, -0.2) is 4.68 Å². The molecule has 1 aromatic heterocycles. The van der Waals surface area contributed by atoms with E-state index in [1.807, 2.05) is 71.4 Å². The molecule has 4 aromatic carbocycles. The maximum atomic E-state index is 12.9. The monoisotopic (exact) mass is 533 g/mol. The number of aldehydes is 1. The number of aryl methyl sites for hydroxylation is 1. The van der Waals surface area contributed by atoms with Crippen LogP contribution in [-0.4, -0.2) is 27.1 Å². The lowest BCUT2D eigenvalue weighted by molar-refractivity contribution is 0.102. The number of carbonyl (C=O) groups excluding carboxylic acids is 2. The van der Waals surface area contributed by atoms with E-state index in [1.165, 1.54) is 0 Å². The summed E-state index contributed by atoms with van der Waals surface area (Å²) in [5.41, 5.74) is 8.92. The van der Waals surface area contributed by atoms with Crippen LogP contribution in [0.3, 0.4) is 0 Å². The van der Waals surface area contributed by atoms with Gasteiger partial charge >= 0.3 is 0 Å². The van der Waals surface area contributed by atoms with Crippen LogP contribution in [0.15, 0.2) is 91.0 Å². The number of hydrogen-bond donors (Lipinski definition) is 2. The van der Waals surface area contributed by atoms with Crippen molar-refractivity contribution in [2.45, 2.75) is 19.4 Å². The topological polar surface area (TPSA) is 84.2 Å². The molecule has 0 fully saturated rings. The van der Waals surface area contributed by atoms with Gasteiger partial charge in [0.05, 0.1) is 28.6 Å². The van der Waals surface area contributed by atoms with Gasteiger partial charge in [0, 0.05) is 16.8 Å². The number of hydrogen-bond acceptors (Lipinski definition) is 4. The highest BCUT2D eigenvalue weighted by Crippen LogP contribution is 2.38. The summed E-state index contributed by atoms with van der Waals surface area (Å²) in [5, 5.41) is 17.5. The van der Waals surface area contributed by atoms with Gasteiger partial charge in [-0.3, -0.25) is 9.59 Å². The van der Waals surface area contributed by atoms with Crippen LogP contribution in [0, 0.1) is 0 Å². The van der Waals surface area contributed by atoms with Gasteiger partial charge in [-0.1, -0.05) is 60.1 Å². The van der Waals surface area contributed by atoms with E-state index in [1.54, 1.807) is 24.3 Å². The van der Waals surface area contributed by atoms with Crippen LogP contribution in [0.1, 0.15) is 37.5 Å². The minimum Gasteiger partial charge on any atom is -0.392 e. The van der Waals surface area contributed by atoms with E-state index in [-0.39, 0.29) is 12.5 Å². The number of aliphatic hydroxyl groups is 1. The summed E-state index contributed by atoms with van der Waals surface area (Å²) in [6.07, 6.45) is 2.28. The summed E-state index contributed by atoms with van der Waals surface area (Å²) in [5.74, 6) is -0.292. The van der Waals surface area contributed by atoms with Crippen molar-refractivity contribution in [1.29, 1.82) is 0 Å². The summed E-state index contributed by atoms with van der Waals surface area (Å²) >= 11 is 6.22. The van der Waals surface area contributed by atoms with Crippen molar-refractivity contribution in [2.24, 2.45) is 0 Å². The average Bonchev–Trinajstić information content (AvgIpc) is 3.37. The number of anilines is 1. The molecule has 0 unspecified atom stereocenters. The molecular weight excluding hydrogens is 510 g/mol. The molecule has 1 amide bonds. The molecular formula is C32H24ClN3O3. The highest BCUT2D eigenvalue weighted by Gasteiger charge is 2.26. The molecule has 0 bridgehead atoms. The first-order valence-electron chi connectivity index (χ1n) is 12.6. The van der Waals surface area contributed by atoms with Gasteiger partial charge in [-0.05, 0) is 77.6 Å². The molecule has 2 N–H and O–H groups in total. The summed E-state index contributed by atoms with van der Waals surface area (Å²) in [7, 11) is 0. The second-order valence-corrected chi connectivity index (χ2v) is 9.86. The van der Waals surface area contributed by atoms with Crippen molar-refractivity contribution >= 4 is 29.5 Å². The van der Waals surface area contributed by atoms with E-state index in [0.29, 0.717) is 28.4 Å². The van der Waals surface area contributed by atoms with Gasteiger partial charge in [0.25, 0.3) is 5.91 Å². The highest BCUT2D eigenvalue weighted by atomic mass is 35.5. The molecule has 39 heavy (non-hydrogen) atoms. The molecule has 192 valence electrons. The largest absolute Gasteiger partial charge is 0.392 e. The van der Waals surface area contributed by atoms with Crippen molar-refractivity contribution in [3.05, 3.63) is 124 Å². The summed E-state index contributed by atoms with van der Waals surface area (Å²) in [4.78, 5) is 24.9. The number of nitrogens with zero attached hydrogens (tertiary/aromatic N) is 2. The summed E-state index contributed by atoms with van der Waals surface area (Å²) in [6.45, 7) is -0.0138. The van der Waals surface area contributed by atoms with Crippen molar-refractivity contribution < 1.29 is 14.7 Å². The highest BCUT2D eigenvalue weighted by molar-refractivity contribution is 6.34. The Morgan fingerprint density at radius 3 is 2.54 bits per heavy atom. The lowest BCUT2D eigenvalue weighted by Crippen LogP contribution is -2.13. The fraction of sp³-hybridized carbons (Fsp3) is 0.0938. The van der Waals surface area contributed by atoms with Gasteiger partial charge in [0.15, 0.2) is 6.29 Å². The number of carbonyl (C=O) groups is 2. The molecule has 1 heterocycles. The van der Waals surface area contributed by atoms with Crippen molar-refractivity contribution in [3.63, 3.8) is 0 Å². The Hall–Kier alpha value is -4.52. The molecule has 1 aliphatic carbocycles. The van der Waals surface area contributed by atoms with E-state index < -0.39 is 0 Å². The van der Waals surface area contributed by atoms with Crippen LogP contribution in [-0.2, 0) is 19.4 Å². The molecule has 1 aliphatic rings. The normalized spacial score (nSPS) is 11.9. The predicted octanol–water partition coefficient (Wildman–Crippen LogP) is 6.52. The number of amides is 1. The first-order valence-corrected chi connectivity index (χ1v) is 13.0. The zero-order valence-corrected chi connectivity index (χ0v) is 21.7. The third-order valence-electron chi connectivity index (χ3n) is 7.07. The minimum atomic E-state index is -0.292. The molecule has 6 rings (SSSR count). The Morgan fingerprint density at radius 2 is 1.77 bits per heavy atom. The Kier molecular flexibility index (Phi) is 6.57. The molecule has 0 saturated carbocycles. The van der Waals surface area contributed by atoms with Crippen LogP contribution < -0.4 is 5.32 Å². The molecule has 5 aromatic rings. The van der Waals surface area contributed by atoms with E-state index in [0.717, 1.165) is 57.5 Å².